The van der Waals surface area contributed by atoms with E-state index >= 15 is 0 Å². The maximum atomic E-state index is 7.00. The molecule has 0 amide bonds. The lowest BCUT2D eigenvalue weighted by atomic mass is 10.1. The Morgan fingerprint density at radius 2 is 1.82 bits per heavy atom. The van der Waals surface area contributed by atoms with Crippen LogP contribution in [0.2, 0.25) is 0 Å². The van der Waals surface area contributed by atoms with Gasteiger partial charge in [0, 0.05) is 7.11 Å². The van der Waals surface area contributed by atoms with Crippen LogP contribution < -0.4 is 0 Å². The van der Waals surface area contributed by atoms with Gasteiger partial charge in [0.15, 0.2) is 0 Å². The zero-order chi connectivity index (χ0) is 8.69. The molecular formula is C10H14O. The molecule has 60 valence electrons. The van der Waals surface area contributed by atoms with Crippen LogP contribution in [0, 0.1) is 6.92 Å². The van der Waals surface area contributed by atoms with Crippen LogP contribution in [0.3, 0.4) is 0 Å². The molecule has 0 bridgehead atoms. The quantitative estimate of drug-likeness (QED) is 0.651. The van der Waals surface area contributed by atoms with Gasteiger partial charge in [0.2, 0.25) is 0 Å². The number of aliphatic hydroxyl groups excluding tert-OH is 1. The highest BCUT2D eigenvalue weighted by Gasteiger charge is 1.86. The van der Waals surface area contributed by atoms with E-state index in [1.807, 2.05) is 18.2 Å². The van der Waals surface area contributed by atoms with Gasteiger partial charge < -0.3 is 5.11 Å². The van der Waals surface area contributed by atoms with Gasteiger partial charge in [-0.15, -0.1) is 0 Å². The molecule has 0 aliphatic heterocycles. The molecule has 1 aromatic carbocycles. The summed E-state index contributed by atoms with van der Waals surface area (Å²) in [6.07, 6.45) is 1.87. The van der Waals surface area contributed by atoms with E-state index in [1.54, 1.807) is 0 Å². The molecule has 1 aromatic rings. The molecule has 0 atom stereocenters. The molecule has 11 heavy (non-hydrogen) atoms. The molecule has 1 N–H and O–H groups in total. The second-order valence-corrected chi connectivity index (χ2v) is 2.06. The van der Waals surface area contributed by atoms with Crippen LogP contribution in [0.25, 0.3) is 6.08 Å². The Kier molecular flexibility index (Phi) is 5.13. The van der Waals surface area contributed by atoms with Crippen LogP contribution in [0.5, 0.6) is 0 Å². The average Bonchev–Trinajstić information content (AvgIpc) is 2.09. The summed E-state index contributed by atoms with van der Waals surface area (Å²) in [5.74, 6) is 0. The standard InChI is InChI=1S/C9H10.CH4O/c1-3-9-7-5-4-6-8(9)2;1-2/h3-7H,1H2,2H3;2H,1H3. The number of rotatable bonds is 1. The highest BCUT2D eigenvalue weighted by molar-refractivity contribution is 5.50. The molecule has 0 heterocycles. The van der Waals surface area contributed by atoms with Crippen molar-refractivity contribution in [3.63, 3.8) is 0 Å². The van der Waals surface area contributed by atoms with Crippen molar-refractivity contribution >= 4 is 6.08 Å². The zero-order valence-electron chi connectivity index (χ0n) is 7.04. The van der Waals surface area contributed by atoms with Gasteiger partial charge in [0.1, 0.15) is 0 Å². The highest BCUT2D eigenvalue weighted by Crippen LogP contribution is 2.06. The summed E-state index contributed by atoms with van der Waals surface area (Å²) in [4.78, 5) is 0. The smallest absolute Gasteiger partial charge is 0.0319 e. The van der Waals surface area contributed by atoms with E-state index in [-0.39, 0.29) is 0 Å². The lowest BCUT2D eigenvalue weighted by Gasteiger charge is -1.95. The van der Waals surface area contributed by atoms with Crippen LogP contribution in [-0.2, 0) is 0 Å². The average molecular weight is 150 g/mol. The SMILES string of the molecule is C=Cc1ccccc1C.CO. The molecule has 0 unspecified atom stereocenters. The fourth-order valence-corrected chi connectivity index (χ4v) is 0.816. The van der Waals surface area contributed by atoms with Gasteiger partial charge in [0.25, 0.3) is 0 Å². The van der Waals surface area contributed by atoms with E-state index in [2.05, 4.69) is 25.6 Å². The van der Waals surface area contributed by atoms with Gasteiger partial charge in [-0.05, 0) is 18.1 Å². The molecule has 0 aromatic heterocycles. The Labute approximate surface area is 68.0 Å². The van der Waals surface area contributed by atoms with Crippen LogP contribution in [0.15, 0.2) is 30.8 Å². The second kappa shape index (κ2) is 5.69. The second-order valence-electron chi connectivity index (χ2n) is 2.06. The van der Waals surface area contributed by atoms with Crippen molar-refractivity contribution < 1.29 is 5.11 Å². The van der Waals surface area contributed by atoms with Crippen molar-refractivity contribution in [2.75, 3.05) is 7.11 Å². The van der Waals surface area contributed by atoms with Crippen molar-refractivity contribution in [1.29, 1.82) is 0 Å². The lowest BCUT2D eigenvalue weighted by Crippen LogP contribution is -1.75. The predicted octanol–water partition coefficient (Wildman–Crippen LogP) is 2.25. The Bertz CT molecular complexity index is 216. The molecule has 0 aliphatic carbocycles. The summed E-state index contributed by atoms with van der Waals surface area (Å²) in [5.41, 5.74) is 2.50. The Hall–Kier alpha value is -1.08. The Morgan fingerprint density at radius 1 is 1.27 bits per heavy atom. The van der Waals surface area contributed by atoms with E-state index in [9.17, 15) is 0 Å². The summed E-state index contributed by atoms with van der Waals surface area (Å²) >= 11 is 0. The summed E-state index contributed by atoms with van der Waals surface area (Å²) in [6, 6.07) is 8.19. The maximum absolute atomic E-state index is 7.00. The number of hydrogen-bond donors (Lipinski definition) is 1. The third-order valence-electron chi connectivity index (χ3n) is 1.41. The van der Waals surface area contributed by atoms with Gasteiger partial charge in [0.05, 0.1) is 0 Å². The van der Waals surface area contributed by atoms with Gasteiger partial charge >= 0.3 is 0 Å². The summed E-state index contributed by atoms with van der Waals surface area (Å²) in [5, 5.41) is 7.00. The number of aliphatic hydroxyl groups is 1. The highest BCUT2D eigenvalue weighted by atomic mass is 16.2. The molecule has 0 spiro atoms. The molecule has 1 rings (SSSR count). The first-order valence-corrected chi connectivity index (χ1v) is 3.47. The fourth-order valence-electron chi connectivity index (χ4n) is 0.816. The lowest BCUT2D eigenvalue weighted by molar-refractivity contribution is 0.399. The zero-order valence-corrected chi connectivity index (χ0v) is 7.04. The van der Waals surface area contributed by atoms with Crippen molar-refractivity contribution in [1.82, 2.24) is 0 Å². The minimum Gasteiger partial charge on any atom is -0.400 e. The third kappa shape index (κ3) is 3.01. The first kappa shape index (κ1) is 9.92. The molecule has 0 saturated heterocycles. The van der Waals surface area contributed by atoms with E-state index < -0.39 is 0 Å². The van der Waals surface area contributed by atoms with E-state index in [4.69, 9.17) is 5.11 Å². The fraction of sp³-hybridized carbons (Fsp3) is 0.200. The minimum atomic E-state index is 1.00. The molecule has 1 heteroatoms. The van der Waals surface area contributed by atoms with E-state index in [0.717, 1.165) is 7.11 Å². The Morgan fingerprint density at radius 3 is 2.18 bits per heavy atom. The van der Waals surface area contributed by atoms with E-state index in [1.165, 1.54) is 11.1 Å². The first-order valence-electron chi connectivity index (χ1n) is 3.47. The Balaban J connectivity index is 0.000000461. The maximum Gasteiger partial charge on any atom is 0.0319 e. The molecule has 0 fully saturated rings. The first-order chi connectivity index (χ1) is 5.34. The van der Waals surface area contributed by atoms with Crippen molar-refractivity contribution in [3.8, 4) is 0 Å². The summed E-state index contributed by atoms with van der Waals surface area (Å²) in [7, 11) is 1.00. The number of benzene rings is 1. The van der Waals surface area contributed by atoms with Crippen LogP contribution in [0.4, 0.5) is 0 Å². The van der Waals surface area contributed by atoms with Crippen molar-refractivity contribution in [3.05, 3.63) is 42.0 Å². The number of hydrogen-bond acceptors (Lipinski definition) is 1. The largest absolute Gasteiger partial charge is 0.400 e. The summed E-state index contributed by atoms with van der Waals surface area (Å²) < 4.78 is 0. The molecule has 1 nitrogen and oxygen atoms in total. The molecule has 0 saturated carbocycles. The number of aryl methyl sites for hydroxylation is 1. The van der Waals surface area contributed by atoms with E-state index in [0.29, 0.717) is 0 Å². The van der Waals surface area contributed by atoms with Crippen LogP contribution in [-0.4, -0.2) is 12.2 Å². The van der Waals surface area contributed by atoms with Gasteiger partial charge in [-0.2, -0.15) is 0 Å². The third-order valence-corrected chi connectivity index (χ3v) is 1.41. The monoisotopic (exact) mass is 150 g/mol. The van der Waals surface area contributed by atoms with Crippen LogP contribution in [0.1, 0.15) is 11.1 Å². The molecular weight excluding hydrogens is 136 g/mol. The van der Waals surface area contributed by atoms with Gasteiger partial charge in [-0.3, -0.25) is 0 Å². The topological polar surface area (TPSA) is 20.2 Å². The minimum absolute atomic E-state index is 1.00. The van der Waals surface area contributed by atoms with Gasteiger partial charge in [-0.25, -0.2) is 0 Å². The predicted molar refractivity (Wildman–Crippen MR) is 49.4 cm³/mol. The summed E-state index contributed by atoms with van der Waals surface area (Å²) in [6.45, 7) is 5.77. The van der Waals surface area contributed by atoms with Crippen LogP contribution >= 0.6 is 0 Å². The van der Waals surface area contributed by atoms with Crippen molar-refractivity contribution in [2.45, 2.75) is 6.92 Å². The van der Waals surface area contributed by atoms with Crippen molar-refractivity contribution in [2.24, 2.45) is 0 Å². The molecule has 0 radical (unpaired) electrons. The normalized spacial score (nSPS) is 7.91. The molecule has 0 aliphatic rings. The van der Waals surface area contributed by atoms with Gasteiger partial charge in [-0.1, -0.05) is 36.9 Å².